The second kappa shape index (κ2) is 7.00. The first-order valence-electron chi connectivity index (χ1n) is 6.67. The Morgan fingerprint density at radius 3 is 2.48 bits per heavy atom. The molecule has 0 radical (unpaired) electrons. The number of halogens is 3. The zero-order valence-electron chi connectivity index (χ0n) is 11.8. The van der Waals surface area contributed by atoms with Crippen molar-refractivity contribution >= 4 is 15.9 Å². The highest BCUT2D eigenvalue weighted by molar-refractivity contribution is 9.10. The van der Waals surface area contributed by atoms with E-state index in [2.05, 4.69) is 21.2 Å². The lowest BCUT2D eigenvalue weighted by molar-refractivity contribution is 0.453. The second-order valence-electron chi connectivity index (χ2n) is 4.64. The summed E-state index contributed by atoms with van der Waals surface area (Å²) in [6, 6.07) is 8.42. The Kier molecular flexibility index (Phi) is 5.31. The molecule has 0 spiro atoms. The van der Waals surface area contributed by atoms with Gasteiger partial charge >= 0.3 is 0 Å². The molecule has 2 rings (SSSR count). The van der Waals surface area contributed by atoms with E-state index in [0.717, 1.165) is 6.54 Å². The minimum Gasteiger partial charge on any atom is -0.456 e. The first-order valence-corrected chi connectivity index (χ1v) is 7.46. The fraction of sp³-hybridized carbons (Fsp3) is 0.250. The zero-order chi connectivity index (χ0) is 15.4. The van der Waals surface area contributed by atoms with E-state index in [9.17, 15) is 8.78 Å². The van der Waals surface area contributed by atoms with E-state index < -0.39 is 5.82 Å². The molecule has 0 saturated carbocycles. The molecule has 1 unspecified atom stereocenters. The van der Waals surface area contributed by atoms with Crippen LogP contribution in [0.25, 0.3) is 0 Å². The third kappa shape index (κ3) is 4.02. The highest BCUT2D eigenvalue weighted by atomic mass is 79.9. The highest BCUT2D eigenvalue weighted by Gasteiger charge is 2.14. The molecule has 0 heterocycles. The smallest absolute Gasteiger partial charge is 0.144 e. The van der Waals surface area contributed by atoms with Crippen molar-refractivity contribution in [3.05, 3.63) is 58.1 Å². The van der Waals surface area contributed by atoms with Crippen LogP contribution in [0, 0.1) is 11.6 Å². The minimum absolute atomic E-state index is 0.0759. The molecule has 21 heavy (non-hydrogen) atoms. The van der Waals surface area contributed by atoms with Gasteiger partial charge in [0.15, 0.2) is 0 Å². The third-order valence-electron chi connectivity index (χ3n) is 3.06. The number of hydrogen-bond donors (Lipinski definition) is 1. The van der Waals surface area contributed by atoms with Crippen molar-refractivity contribution in [1.82, 2.24) is 5.32 Å². The molecule has 0 aromatic heterocycles. The quantitative estimate of drug-likeness (QED) is 0.796. The SMILES string of the molecule is CCNC(C)c1cc(F)ccc1Oc1cc(F)ccc1Br. The van der Waals surface area contributed by atoms with Gasteiger partial charge in [-0.1, -0.05) is 6.92 Å². The molecule has 0 aliphatic rings. The highest BCUT2D eigenvalue weighted by Crippen LogP contribution is 2.34. The second-order valence-corrected chi connectivity index (χ2v) is 5.49. The van der Waals surface area contributed by atoms with E-state index >= 15 is 0 Å². The predicted molar refractivity (Wildman–Crippen MR) is 82.7 cm³/mol. The van der Waals surface area contributed by atoms with Crippen molar-refractivity contribution in [2.24, 2.45) is 0 Å². The van der Waals surface area contributed by atoms with Crippen LogP contribution >= 0.6 is 15.9 Å². The van der Waals surface area contributed by atoms with Crippen LogP contribution in [0.15, 0.2) is 40.9 Å². The van der Waals surface area contributed by atoms with E-state index in [1.807, 2.05) is 13.8 Å². The summed E-state index contributed by atoms with van der Waals surface area (Å²) in [6.45, 7) is 4.64. The normalized spacial score (nSPS) is 12.2. The summed E-state index contributed by atoms with van der Waals surface area (Å²) < 4.78 is 33.2. The van der Waals surface area contributed by atoms with Crippen molar-refractivity contribution in [3.63, 3.8) is 0 Å². The first kappa shape index (κ1) is 15.9. The van der Waals surface area contributed by atoms with Gasteiger partial charge in [0.05, 0.1) is 4.47 Å². The summed E-state index contributed by atoms with van der Waals surface area (Å²) >= 11 is 3.31. The Balaban J connectivity index is 2.37. The average molecular weight is 356 g/mol. The molecule has 5 heteroatoms. The molecule has 0 aliphatic carbocycles. The van der Waals surface area contributed by atoms with Crippen LogP contribution in [0.4, 0.5) is 8.78 Å². The largest absolute Gasteiger partial charge is 0.456 e. The molecule has 1 atom stereocenters. The Bertz CT molecular complexity index is 634. The van der Waals surface area contributed by atoms with Gasteiger partial charge < -0.3 is 10.1 Å². The summed E-state index contributed by atoms with van der Waals surface area (Å²) in [4.78, 5) is 0. The van der Waals surface area contributed by atoms with E-state index in [-0.39, 0.29) is 11.9 Å². The van der Waals surface area contributed by atoms with Gasteiger partial charge in [-0.05, 0) is 59.7 Å². The fourth-order valence-corrected chi connectivity index (χ4v) is 2.37. The summed E-state index contributed by atoms with van der Waals surface area (Å²) in [6.07, 6.45) is 0. The van der Waals surface area contributed by atoms with Crippen LogP contribution in [-0.2, 0) is 0 Å². The van der Waals surface area contributed by atoms with Crippen molar-refractivity contribution < 1.29 is 13.5 Å². The van der Waals surface area contributed by atoms with Crippen LogP contribution in [-0.4, -0.2) is 6.54 Å². The topological polar surface area (TPSA) is 21.3 Å². The van der Waals surface area contributed by atoms with E-state index in [1.54, 1.807) is 12.1 Å². The van der Waals surface area contributed by atoms with E-state index in [4.69, 9.17) is 4.74 Å². The van der Waals surface area contributed by atoms with Crippen molar-refractivity contribution in [3.8, 4) is 11.5 Å². The van der Waals surface area contributed by atoms with Gasteiger partial charge in [0, 0.05) is 17.7 Å². The van der Waals surface area contributed by atoms with Crippen LogP contribution in [0.2, 0.25) is 0 Å². The minimum atomic E-state index is -0.392. The maximum Gasteiger partial charge on any atom is 0.144 e. The standard InChI is InChI=1S/C16H16BrF2NO/c1-3-20-10(2)13-8-11(18)5-7-15(13)21-16-9-12(19)4-6-14(16)17/h4-10,20H,3H2,1-2H3. The molecular weight excluding hydrogens is 340 g/mol. The van der Waals surface area contributed by atoms with Crippen molar-refractivity contribution in [2.45, 2.75) is 19.9 Å². The molecule has 2 aromatic rings. The van der Waals surface area contributed by atoms with Crippen molar-refractivity contribution in [2.75, 3.05) is 6.54 Å². The number of benzene rings is 2. The van der Waals surface area contributed by atoms with E-state index in [1.165, 1.54) is 24.3 Å². The Labute approximate surface area is 131 Å². The predicted octanol–water partition coefficient (Wildman–Crippen LogP) is 5.19. The first-order chi connectivity index (χ1) is 10.0. The van der Waals surface area contributed by atoms with Gasteiger partial charge in [-0.3, -0.25) is 0 Å². The average Bonchev–Trinajstić information content (AvgIpc) is 2.45. The monoisotopic (exact) mass is 355 g/mol. The van der Waals surface area contributed by atoms with Crippen LogP contribution < -0.4 is 10.1 Å². The van der Waals surface area contributed by atoms with E-state index in [0.29, 0.717) is 21.5 Å². The molecule has 2 nitrogen and oxygen atoms in total. The van der Waals surface area contributed by atoms with Crippen molar-refractivity contribution in [1.29, 1.82) is 0 Å². The Hall–Kier alpha value is -1.46. The number of nitrogens with one attached hydrogen (secondary N) is 1. The number of hydrogen-bond acceptors (Lipinski definition) is 2. The van der Waals surface area contributed by atoms with Crippen LogP contribution in [0.5, 0.6) is 11.5 Å². The lowest BCUT2D eigenvalue weighted by Gasteiger charge is -2.18. The maximum atomic E-state index is 13.5. The number of rotatable bonds is 5. The molecule has 0 aliphatic heterocycles. The Morgan fingerprint density at radius 2 is 1.76 bits per heavy atom. The maximum absolute atomic E-state index is 13.5. The summed E-state index contributed by atoms with van der Waals surface area (Å²) in [7, 11) is 0. The van der Waals surface area contributed by atoms with Crippen LogP contribution in [0.3, 0.4) is 0 Å². The van der Waals surface area contributed by atoms with Crippen LogP contribution in [0.1, 0.15) is 25.5 Å². The molecule has 0 fully saturated rings. The van der Waals surface area contributed by atoms with Gasteiger partial charge in [-0.2, -0.15) is 0 Å². The van der Waals surface area contributed by atoms with Gasteiger partial charge in [0.2, 0.25) is 0 Å². The van der Waals surface area contributed by atoms with Gasteiger partial charge in [-0.15, -0.1) is 0 Å². The number of ether oxygens (including phenoxy) is 1. The van der Waals surface area contributed by atoms with Gasteiger partial charge in [-0.25, -0.2) is 8.78 Å². The zero-order valence-corrected chi connectivity index (χ0v) is 13.4. The molecule has 0 saturated heterocycles. The summed E-state index contributed by atoms with van der Waals surface area (Å²) in [5.41, 5.74) is 0.688. The third-order valence-corrected chi connectivity index (χ3v) is 3.72. The lowest BCUT2D eigenvalue weighted by Crippen LogP contribution is -2.18. The van der Waals surface area contributed by atoms with Gasteiger partial charge in [0.25, 0.3) is 0 Å². The molecule has 0 amide bonds. The van der Waals surface area contributed by atoms with Gasteiger partial charge in [0.1, 0.15) is 23.1 Å². The molecule has 1 N–H and O–H groups in total. The lowest BCUT2D eigenvalue weighted by atomic mass is 10.1. The Morgan fingerprint density at radius 1 is 1.10 bits per heavy atom. The summed E-state index contributed by atoms with van der Waals surface area (Å²) in [5, 5.41) is 3.21. The molecule has 2 aromatic carbocycles. The fourth-order valence-electron chi connectivity index (χ4n) is 2.04. The molecule has 112 valence electrons. The molecular formula is C16H16BrF2NO. The summed E-state index contributed by atoms with van der Waals surface area (Å²) in [5.74, 6) is 0.125. The molecule has 0 bridgehead atoms.